The maximum Gasteiger partial charge on any atom is 0.201 e. The Bertz CT molecular complexity index is 438. The van der Waals surface area contributed by atoms with Gasteiger partial charge in [-0.15, -0.1) is 0 Å². The number of hydrogen-bond donors (Lipinski definition) is 1. The summed E-state index contributed by atoms with van der Waals surface area (Å²) in [4.78, 5) is 17.3. The van der Waals surface area contributed by atoms with E-state index in [1.807, 2.05) is 6.92 Å². The van der Waals surface area contributed by atoms with E-state index in [9.17, 15) is 0 Å². The van der Waals surface area contributed by atoms with Crippen molar-refractivity contribution in [2.24, 2.45) is 0 Å². The lowest BCUT2D eigenvalue weighted by Gasteiger charge is -2.03. The third kappa shape index (κ3) is 1.34. The molecule has 2 aromatic heterocycles. The van der Waals surface area contributed by atoms with Crippen molar-refractivity contribution >= 4 is 17.0 Å². The average Bonchev–Trinajstić information content (AvgIpc) is 2.60. The number of hydrogen-bond acceptors (Lipinski definition) is 5. The Morgan fingerprint density at radius 3 is 3.07 bits per heavy atom. The summed E-state index contributed by atoms with van der Waals surface area (Å²) in [5, 5.41) is 0. The number of nitrogens with zero attached hydrogens (tertiary/aromatic N) is 4. The summed E-state index contributed by atoms with van der Waals surface area (Å²) in [6.07, 6.45) is 3.87. The Labute approximate surface area is 80.7 Å². The monoisotopic (exact) mass is 193 g/mol. The van der Waals surface area contributed by atoms with Gasteiger partial charge in [0.15, 0.2) is 11.3 Å². The Balaban J connectivity index is 2.42. The van der Waals surface area contributed by atoms with Crippen LogP contribution in [0.15, 0.2) is 12.7 Å². The van der Waals surface area contributed by atoms with Crippen molar-refractivity contribution in [2.75, 3.05) is 12.3 Å². The summed E-state index contributed by atoms with van der Waals surface area (Å²) in [5.74, 6) is 0.369. The SMILES string of the molecule is CCCOn1cnc2c(N)ncnc21. The van der Waals surface area contributed by atoms with Gasteiger partial charge in [0.05, 0.1) is 0 Å². The van der Waals surface area contributed by atoms with Crippen LogP contribution < -0.4 is 10.6 Å². The minimum atomic E-state index is 0.369. The van der Waals surface area contributed by atoms with Crippen LogP contribution >= 0.6 is 0 Å². The van der Waals surface area contributed by atoms with Gasteiger partial charge >= 0.3 is 0 Å². The molecule has 0 aromatic carbocycles. The second-order valence-electron chi connectivity index (χ2n) is 2.83. The first-order chi connectivity index (χ1) is 6.83. The minimum absolute atomic E-state index is 0.369. The first kappa shape index (κ1) is 8.74. The molecule has 0 aliphatic rings. The van der Waals surface area contributed by atoms with Gasteiger partial charge in [-0.05, 0) is 6.42 Å². The van der Waals surface area contributed by atoms with E-state index in [1.54, 1.807) is 6.33 Å². The normalized spacial score (nSPS) is 10.6. The fourth-order valence-electron chi connectivity index (χ4n) is 1.12. The Hall–Kier alpha value is -1.85. The van der Waals surface area contributed by atoms with Gasteiger partial charge in [-0.25, -0.2) is 15.0 Å². The number of nitrogens with two attached hydrogens (primary N) is 1. The zero-order valence-corrected chi connectivity index (χ0v) is 7.84. The van der Waals surface area contributed by atoms with Crippen molar-refractivity contribution in [2.45, 2.75) is 13.3 Å². The van der Waals surface area contributed by atoms with Crippen LogP contribution in [0, 0.1) is 0 Å². The number of anilines is 1. The van der Waals surface area contributed by atoms with Gasteiger partial charge in [0, 0.05) is 0 Å². The number of rotatable bonds is 3. The predicted octanol–water partition coefficient (Wildman–Crippen LogP) is 0.247. The van der Waals surface area contributed by atoms with E-state index in [2.05, 4.69) is 15.0 Å². The molecule has 2 heterocycles. The van der Waals surface area contributed by atoms with Crippen molar-refractivity contribution in [3.63, 3.8) is 0 Å². The molecular formula is C8H11N5O. The molecule has 0 saturated heterocycles. The van der Waals surface area contributed by atoms with E-state index in [4.69, 9.17) is 10.6 Å². The largest absolute Gasteiger partial charge is 0.411 e. The molecule has 0 saturated carbocycles. The number of nitrogen functional groups attached to an aromatic ring is 1. The number of aromatic nitrogens is 4. The van der Waals surface area contributed by atoms with Gasteiger partial charge in [0.25, 0.3) is 0 Å². The van der Waals surface area contributed by atoms with Crippen LogP contribution in [0.1, 0.15) is 13.3 Å². The number of imidazole rings is 1. The summed E-state index contributed by atoms with van der Waals surface area (Å²) in [7, 11) is 0. The summed E-state index contributed by atoms with van der Waals surface area (Å²) in [6.45, 7) is 2.65. The summed E-state index contributed by atoms with van der Waals surface area (Å²) >= 11 is 0. The molecule has 0 spiro atoms. The van der Waals surface area contributed by atoms with Gasteiger partial charge < -0.3 is 10.6 Å². The highest BCUT2D eigenvalue weighted by atomic mass is 16.7. The minimum Gasteiger partial charge on any atom is -0.411 e. The fraction of sp³-hybridized carbons (Fsp3) is 0.375. The van der Waals surface area contributed by atoms with Crippen LogP contribution in [0.5, 0.6) is 0 Å². The van der Waals surface area contributed by atoms with Gasteiger partial charge in [-0.2, -0.15) is 4.73 Å². The van der Waals surface area contributed by atoms with Crippen LogP contribution in [-0.4, -0.2) is 26.3 Å². The average molecular weight is 193 g/mol. The molecule has 0 aliphatic heterocycles. The topological polar surface area (TPSA) is 78.9 Å². The quantitative estimate of drug-likeness (QED) is 0.755. The molecule has 2 rings (SSSR count). The van der Waals surface area contributed by atoms with Crippen molar-refractivity contribution in [1.29, 1.82) is 0 Å². The Morgan fingerprint density at radius 1 is 1.43 bits per heavy atom. The van der Waals surface area contributed by atoms with Gasteiger partial charge in [-0.1, -0.05) is 6.92 Å². The first-order valence-electron chi connectivity index (χ1n) is 4.39. The smallest absolute Gasteiger partial charge is 0.201 e. The first-order valence-corrected chi connectivity index (χ1v) is 4.39. The van der Waals surface area contributed by atoms with Crippen LogP contribution in [0.2, 0.25) is 0 Å². The highest BCUT2D eigenvalue weighted by Crippen LogP contribution is 2.12. The molecule has 0 unspecified atom stereocenters. The summed E-state index contributed by atoms with van der Waals surface area (Å²) < 4.78 is 1.51. The second kappa shape index (κ2) is 3.49. The summed E-state index contributed by atoms with van der Waals surface area (Å²) in [6, 6.07) is 0. The standard InChI is InChI=1S/C8H11N5O/c1-2-3-14-13-5-12-6-7(9)10-4-11-8(6)13/h4-5H,2-3H2,1H3,(H2,9,10,11). The van der Waals surface area contributed by atoms with Crippen molar-refractivity contribution in [3.05, 3.63) is 12.7 Å². The lowest BCUT2D eigenvalue weighted by Crippen LogP contribution is -2.11. The third-order valence-corrected chi connectivity index (χ3v) is 1.77. The highest BCUT2D eigenvalue weighted by Gasteiger charge is 2.07. The molecule has 2 aromatic rings. The van der Waals surface area contributed by atoms with Crippen molar-refractivity contribution in [1.82, 2.24) is 19.7 Å². The summed E-state index contributed by atoms with van der Waals surface area (Å²) in [5.41, 5.74) is 6.79. The van der Waals surface area contributed by atoms with Gasteiger partial charge in [-0.3, -0.25) is 0 Å². The van der Waals surface area contributed by atoms with Gasteiger partial charge in [0.2, 0.25) is 5.65 Å². The van der Waals surface area contributed by atoms with Crippen LogP contribution in [0.4, 0.5) is 5.82 Å². The zero-order chi connectivity index (χ0) is 9.97. The Kier molecular flexibility index (Phi) is 2.18. The molecule has 0 radical (unpaired) electrons. The molecule has 0 bridgehead atoms. The highest BCUT2D eigenvalue weighted by molar-refractivity contribution is 5.80. The molecule has 6 nitrogen and oxygen atoms in total. The molecule has 0 amide bonds. The lowest BCUT2D eigenvalue weighted by molar-refractivity contribution is 0.118. The molecule has 0 aliphatic carbocycles. The maximum absolute atomic E-state index is 5.62. The van der Waals surface area contributed by atoms with Crippen molar-refractivity contribution in [3.8, 4) is 0 Å². The van der Waals surface area contributed by atoms with Crippen molar-refractivity contribution < 1.29 is 4.84 Å². The Morgan fingerprint density at radius 2 is 2.29 bits per heavy atom. The molecule has 0 atom stereocenters. The maximum atomic E-state index is 5.62. The second-order valence-corrected chi connectivity index (χ2v) is 2.83. The number of fused-ring (bicyclic) bond motifs is 1. The molecule has 2 N–H and O–H groups in total. The van der Waals surface area contributed by atoms with Crippen LogP contribution in [0.25, 0.3) is 11.2 Å². The van der Waals surface area contributed by atoms with E-state index >= 15 is 0 Å². The zero-order valence-electron chi connectivity index (χ0n) is 7.84. The molecule has 0 fully saturated rings. The molecule has 74 valence electrons. The lowest BCUT2D eigenvalue weighted by atomic mass is 10.5. The van der Waals surface area contributed by atoms with Crippen LogP contribution in [0.3, 0.4) is 0 Å². The van der Waals surface area contributed by atoms with E-state index < -0.39 is 0 Å². The fourth-order valence-corrected chi connectivity index (χ4v) is 1.12. The molecular weight excluding hydrogens is 182 g/mol. The van der Waals surface area contributed by atoms with E-state index in [1.165, 1.54) is 11.1 Å². The van der Waals surface area contributed by atoms with E-state index in [0.717, 1.165) is 6.42 Å². The van der Waals surface area contributed by atoms with E-state index in [-0.39, 0.29) is 0 Å². The third-order valence-electron chi connectivity index (χ3n) is 1.77. The van der Waals surface area contributed by atoms with Crippen LogP contribution in [-0.2, 0) is 0 Å². The predicted molar refractivity (Wildman–Crippen MR) is 51.5 cm³/mol. The van der Waals surface area contributed by atoms with Gasteiger partial charge in [0.1, 0.15) is 19.3 Å². The van der Waals surface area contributed by atoms with E-state index in [0.29, 0.717) is 23.6 Å². The molecule has 14 heavy (non-hydrogen) atoms. The molecule has 6 heteroatoms.